The van der Waals surface area contributed by atoms with E-state index in [4.69, 9.17) is 0 Å². The minimum Gasteiger partial charge on any atom is -0.507 e. The zero-order chi connectivity index (χ0) is 12.9. The van der Waals surface area contributed by atoms with Gasteiger partial charge < -0.3 is 20.4 Å². The van der Waals surface area contributed by atoms with Crippen molar-refractivity contribution in [2.75, 3.05) is 0 Å². The first-order valence-corrected chi connectivity index (χ1v) is 5.38. The SMILES string of the molecule is Oc1ccc(O)c2c(O)c3ccccc3c(O)c12.[Y].[Y].[Y].[Y]. The Morgan fingerprint density at radius 1 is 0.500 bits per heavy atom. The summed E-state index contributed by atoms with van der Waals surface area (Å²) in [6, 6.07) is 9.23. The van der Waals surface area contributed by atoms with Gasteiger partial charge in [-0.3, -0.25) is 0 Å². The van der Waals surface area contributed by atoms with Gasteiger partial charge in [0.2, 0.25) is 0 Å². The number of hydrogen-bond acceptors (Lipinski definition) is 4. The Bertz CT molecular complexity index is 727. The van der Waals surface area contributed by atoms with E-state index < -0.39 is 0 Å². The van der Waals surface area contributed by atoms with Crippen molar-refractivity contribution in [2.45, 2.75) is 0 Å². The van der Waals surface area contributed by atoms with E-state index in [2.05, 4.69) is 0 Å². The quantitative estimate of drug-likeness (QED) is 0.238. The predicted molar refractivity (Wildman–Crippen MR) is 68.1 cm³/mol. The van der Waals surface area contributed by atoms with Crippen molar-refractivity contribution in [1.29, 1.82) is 0 Å². The summed E-state index contributed by atoms with van der Waals surface area (Å²) in [5.74, 6) is -0.707. The fourth-order valence-corrected chi connectivity index (χ4v) is 2.23. The van der Waals surface area contributed by atoms with Crippen LogP contribution in [0.25, 0.3) is 21.5 Å². The van der Waals surface area contributed by atoms with Gasteiger partial charge in [-0.05, 0) is 12.1 Å². The van der Waals surface area contributed by atoms with Gasteiger partial charge in [-0.15, -0.1) is 0 Å². The van der Waals surface area contributed by atoms with Crippen LogP contribution in [0.3, 0.4) is 0 Å². The molecule has 3 aromatic rings. The second-order valence-corrected chi connectivity index (χ2v) is 4.10. The third-order valence-corrected chi connectivity index (χ3v) is 3.07. The van der Waals surface area contributed by atoms with Crippen LogP contribution in [0.2, 0.25) is 0 Å². The molecule has 0 heterocycles. The molecule has 0 unspecified atom stereocenters. The van der Waals surface area contributed by atoms with Gasteiger partial charge in [0.1, 0.15) is 23.0 Å². The zero-order valence-corrected chi connectivity index (χ0v) is 22.9. The minimum absolute atomic E-state index is 0. The van der Waals surface area contributed by atoms with Crippen molar-refractivity contribution in [1.82, 2.24) is 0 Å². The molecule has 0 aliphatic rings. The number of rotatable bonds is 0. The average Bonchev–Trinajstić information content (AvgIpc) is 2.38. The number of phenolic OH excluding ortho intramolecular Hbond substituents is 4. The smallest absolute Gasteiger partial charge is 0.135 e. The summed E-state index contributed by atoms with van der Waals surface area (Å²) in [5.41, 5.74) is 0. The van der Waals surface area contributed by atoms with Crippen LogP contribution >= 0.6 is 0 Å². The van der Waals surface area contributed by atoms with Gasteiger partial charge in [0, 0.05) is 142 Å². The number of aromatic hydroxyl groups is 4. The Kier molecular flexibility index (Phi) is 12.7. The van der Waals surface area contributed by atoms with E-state index in [1.165, 1.54) is 12.1 Å². The first-order chi connectivity index (χ1) is 8.61. The Labute approximate surface area is 228 Å². The zero-order valence-electron chi connectivity index (χ0n) is 11.6. The maximum absolute atomic E-state index is 10.2. The van der Waals surface area contributed by atoms with Crippen LogP contribution in [-0.2, 0) is 131 Å². The van der Waals surface area contributed by atoms with Crippen LogP contribution in [0.15, 0.2) is 36.4 Å². The Balaban J connectivity index is 0. The molecule has 0 saturated heterocycles. The molecule has 0 aromatic heterocycles. The molecular formula is C14H10O4Y4. The third kappa shape index (κ3) is 4.49. The summed E-state index contributed by atoms with van der Waals surface area (Å²) in [5, 5.41) is 40.8. The molecule has 4 nitrogen and oxygen atoms in total. The van der Waals surface area contributed by atoms with Crippen molar-refractivity contribution in [3.8, 4) is 23.0 Å². The van der Waals surface area contributed by atoms with Crippen LogP contribution in [-0.4, -0.2) is 20.4 Å². The summed E-state index contributed by atoms with van der Waals surface area (Å²) < 4.78 is 0. The Morgan fingerprint density at radius 2 is 0.818 bits per heavy atom. The van der Waals surface area contributed by atoms with E-state index in [-0.39, 0.29) is 165 Å². The molecular weight excluding hydrogens is 588 g/mol. The van der Waals surface area contributed by atoms with Crippen LogP contribution in [0, 0.1) is 0 Å². The van der Waals surface area contributed by atoms with Gasteiger partial charge in [0.15, 0.2) is 0 Å². The second kappa shape index (κ2) is 10.7. The molecule has 8 heteroatoms. The monoisotopic (exact) mass is 598 g/mol. The molecule has 0 spiro atoms. The van der Waals surface area contributed by atoms with Crippen LogP contribution in [0.5, 0.6) is 23.0 Å². The summed E-state index contributed by atoms with van der Waals surface area (Å²) in [6.45, 7) is 0. The van der Waals surface area contributed by atoms with Gasteiger partial charge in [-0.1, -0.05) is 24.3 Å². The molecule has 0 amide bonds. The van der Waals surface area contributed by atoms with Crippen molar-refractivity contribution in [2.24, 2.45) is 0 Å². The van der Waals surface area contributed by atoms with E-state index in [0.717, 1.165) is 0 Å². The van der Waals surface area contributed by atoms with Crippen LogP contribution in [0.1, 0.15) is 0 Å². The van der Waals surface area contributed by atoms with Gasteiger partial charge in [-0.25, -0.2) is 0 Å². The molecule has 3 aromatic carbocycles. The largest absolute Gasteiger partial charge is 0.507 e. The Hall–Kier alpha value is 1.80. The number of fused-ring (bicyclic) bond motifs is 2. The molecule has 102 valence electrons. The first-order valence-electron chi connectivity index (χ1n) is 5.38. The molecule has 0 bridgehead atoms. The molecule has 22 heavy (non-hydrogen) atoms. The third-order valence-electron chi connectivity index (χ3n) is 3.07. The topological polar surface area (TPSA) is 80.9 Å². The molecule has 0 saturated carbocycles. The van der Waals surface area contributed by atoms with Crippen molar-refractivity contribution in [3.63, 3.8) is 0 Å². The van der Waals surface area contributed by atoms with Gasteiger partial charge >= 0.3 is 0 Å². The summed E-state index contributed by atoms with van der Waals surface area (Å²) in [6.07, 6.45) is 0. The molecule has 4 radical (unpaired) electrons. The molecule has 0 aliphatic carbocycles. The van der Waals surface area contributed by atoms with Crippen LogP contribution < -0.4 is 0 Å². The number of benzene rings is 3. The van der Waals surface area contributed by atoms with Crippen LogP contribution in [0.4, 0.5) is 0 Å². The molecule has 4 N–H and O–H groups in total. The van der Waals surface area contributed by atoms with Gasteiger partial charge in [-0.2, -0.15) is 0 Å². The van der Waals surface area contributed by atoms with E-state index >= 15 is 0 Å². The number of hydrogen-bond donors (Lipinski definition) is 4. The van der Waals surface area contributed by atoms with E-state index in [1.54, 1.807) is 24.3 Å². The molecule has 3 rings (SSSR count). The first kappa shape index (κ1) is 26.0. The Morgan fingerprint density at radius 3 is 1.14 bits per heavy atom. The normalized spacial score (nSPS) is 9.09. The summed E-state index contributed by atoms with van der Waals surface area (Å²) in [4.78, 5) is 0. The second-order valence-electron chi connectivity index (χ2n) is 4.10. The van der Waals surface area contributed by atoms with Crippen molar-refractivity contribution < 1.29 is 151 Å². The summed E-state index contributed by atoms with van der Waals surface area (Å²) >= 11 is 0. The molecule has 0 aliphatic heterocycles. The molecule has 0 atom stereocenters. The van der Waals surface area contributed by atoms with E-state index in [1.807, 2.05) is 0 Å². The van der Waals surface area contributed by atoms with E-state index in [9.17, 15) is 20.4 Å². The fraction of sp³-hybridized carbons (Fsp3) is 0. The number of phenols is 4. The van der Waals surface area contributed by atoms with Crippen molar-refractivity contribution >= 4 is 21.5 Å². The standard InChI is InChI=1S/C14H10O4.4Y/c15-9-5-6-10(16)12-11(9)13(17)7-3-1-2-4-8(7)14(12)18;;;;/h1-6,15-18H;;;;. The van der Waals surface area contributed by atoms with Gasteiger partial charge in [0.05, 0.1) is 10.8 Å². The van der Waals surface area contributed by atoms with Gasteiger partial charge in [0.25, 0.3) is 0 Å². The minimum atomic E-state index is -0.193. The van der Waals surface area contributed by atoms with Crippen molar-refractivity contribution in [3.05, 3.63) is 36.4 Å². The maximum atomic E-state index is 10.2. The fourth-order valence-electron chi connectivity index (χ4n) is 2.23. The maximum Gasteiger partial charge on any atom is 0.135 e. The van der Waals surface area contributed by atoms with E-state index in [0.29, 0.717) is 10.8 Å². The molecule has 0 fully saturated rings. The average molecular weight is 598 g/mol. The predicted octanol–water partition coefficient (Wildman–Crippen LogP) is 2.81. The summed E-state index contributed by atoms with van der Waals surface area (Å²) in [7, 11) is 0.